The molecule has 0 radical (unpaired) electrons. The Morgan fingerprint density at radius 1 is 1.17 bits per heavy atom. The number of carbonyl (C=O) groups excluding carboxylic acids is 4. The van der Waals surface area contributed by atoms with E-state index in [9.17, 15) is 19.2 Å². The molecule has 1 aliphatic rings. The van der Waals surface area contributed by atoms with Crippen molar-refractivity contribution in [2.24, 2.45) is 17.3 Å². The molecular weight excluding hydrogens is 308 g/mol. The van der Waals surface area contributed by atoms with Crippen LogP contribution in [0.25, 0.3) is 6.08 Å². The van der Waals surface area contributed by atoms with E-state index in [4.69, 9.17) is 0 Å². The van der Waals surface area contributed by atoms with Crippen LogP contribution in [-0.4, -0.2) is 30.4 Å². The van der Waals surface area contributed by atoms with Crippen molar-refractivity contribution in [1.82, 2.24) is 0 Å². The summed E-state index contributed by atoms with van der Waals surface area (Å²) < 4.78 is 4.69. The van der Waals surface area contributed by atoms with Gasteiger partial charge in [-0.1, -0.05) is 50.3 Å². The van der Waals surface area contributed by atoms with Gasteiger partial charge in [0.2, 0.25) is 0 Å². The minimum absolute atomic E-state index is 0.0198. The van der Waals surface area contributed by atoms with E-state index >= 15 is 0 Å². The van der Waals surface area contributed by atoms with Crippen molar-refractivity contribution in [2.75, 3.05) is 7.11 Å². The molecule has 0 saturated heterocycles. The summed E-state index contributed by atoms with van der Waals surface area (Å²) >= 11 is 0. The van der Waals surface area contributed by atoms with E-state index in [2.05, 4.69) is 4.74 Å². The van der Waals surface area contributed by atoms with E-state index in [0.717, 1.165) is 5.56 Å². The SMILES string of the molecule is COC(=O)[C@H]1C(=O)[C@H](C(=O)/C=C/c2ccccc2)C(=O)CC1(C)C. The molecule has 0 N–H and O–H groups in total. The lowest BCUT2D eigenvalue weighted by Crippen LogP contribution is -2.51. The number of benzene rings is 1. The van der Waals surface area contributed by atoms with Gasteiger partial charge in [-0.3, -0.25) is 19.2 Å². The van der Waals surface area contributed by atoms with Gasteiger partial charge in [-0.2, -0.15) is 0 Å². The molecule has 0 aromatic heterocycles. The van der Waals surface area contributed by atoms with Crippen molar-refractivity contribution >= 4 is 29.4 Å². The largest absolute Gasteiger partial charge is 0.468 e. The highest BCUT2D eigenvalue weighted by Gasteiger charge is 2.53. The van der Waals surface area contributed by atoms with Gasteiger partial charge in [0, 0.05) is 6.42 Å². The van der Waals surface area contributed by atoms with Crippen molar-refractivity contribution in [3.63, 3.8) is 0 Å². The molecular formula is C19H20O5. The Bertz CT molecular complexity index is 700. The summed E-state index contributed by atoms with van der Waals surface area (Å²) in [5, 5.41) is 0. The molecule has 1 aromatic carbocycles. The molecule has 5 nitrogen and oxygen atoms in total. The Morgan fingerprint density at radius 3 is 2.38 bits per heavy atom. The molecule has 1 aromatic rings. The number of ketones is 3. The number of rotatable bonds is 4. The average molecular weight is 328 g/mol. The van der Waals surface area contributed by atoms with E-state index in [1.54, 1.807) is 32.1 Å². The molecule has 2 atom stereocenters. The Hall–Kier alpha value is -2.56. The molecule has 0 bridgehead atoms. The van der Waals surface area contributed by atoms with Crippen LogP contribution >= 0.6 is 0 Å². The second-order valence-corrected chi connectivity index (χ2v) is 6.57. The number of ether oxygens (including phenoxy) is 1. The van der Waals surface area contributed by atoms with Crippen LogP contribution in [0.3, 0.4) is 0 Å². The molecule has 1 aliphatic carbocycles. The van der Waals surface area contributed by atoms with Gasteiger partial charge in [0.25, 0.3) is 0 Å². The quantitative estimate of drug-likeness (QED) is 0.481. The molecule has 0 aliphatic heterocycles. The third-order valence-corrected chi connectivity index (χ3v) is 4.26. The number of Topliss-reactive ketones (excluding diaryl/α,β-unsaturated/α-hetero) is 2. The summed E-state index contributed by atoms with van der Waals surface area (Å²) in [7, 11) is 1.19. The maximum Gasteiger partial charge on any atom is 0.316 e. The van der Waals surface area contributed by atoms with Gasteiger partial charge in [-0.25, -0.2) is 0 Å². The third kappa shape index (κ3) is 3.50. The highest BCUT2D eigenvalue weighted by Crippen LogP contribution is 2.40. The van der Waals surface area contributed by atoms with Crippen LogP contribution in [0.4, 0.5) is 0 Å². The molecule has 1 saturated carbocycles. The Kier molecular flexibility index (Phi) is 5.12. The zero-order valence-corrected chi connectivity index (χ0v) is 13.9. The summed E-state index contributed by atoms with van der Waals surface area (Å²) in [6.45, 7) is 3.32. The van der Waals surface area contributed by atoms with Crippen molar-refractivity contribution in [1.29, 1.82) is 0 Å². The van der Waals surface area contributed by atoms with Crippen LogP contribution in [-0.2, 0) is 23.9 Å². The zero-order valence-electron chi connectivity index (χ0n) is 13.9. The van der Waals surface area contributed by atoms with Crippen LogP contribution in [0.2, 0.25) is 0 Å². The fourth-order valence-electron chi connectivity index (χ4n) is 3.05. The number of methoxy groups -OCH3 is 1. The highest BCUT2D eigenvalue weighted by molar-refractivity contribution is 6.27. The summed E-state index contributed by atoms with van der Waals surface area (Å²) in [5.74, 6) is -4.97. The predicted octanol–water partition coefficient (Wildman–Crippen LogP) is 2.24. The van der Waals surface area contributed by atoms with Gasteiger partial charge in [0.15, 0.2) is 17.3 Å². The van der Waals surface area contributed by atoms with Crippen LogP contribution in [0.15, 0.2) is 36.4 Å². The van der Waals surface area contributed by atoms with Crippen molar-refractivity contribution in [2.45, 2.75) is 20.3 Å². The van der Waals surface area contributed by atoms with Gasteiger partial charge in [0.05, 0.1) is 7.11 Å². The highest BCUT2D eigenvalue weighted by atomic mass is 16.5. The normalized spacial score (nSPS) is 23.3. The first-order chi connectivity index (χ1) is 11.3. The summed E-state index contributed by atoms with van der Waals surface area (Å²) in [6, 6.07) is 9.08. The minimum Gasteiger partial charge on any atom is -0.468 e. The van der Waals surface area contributed by atoms with Crippen molar-refractivity contribution in [3.8, 4) is 0 Å². The molecule has 24 heavy (non-hydrogen) atoms. The van der Waals surface area contributed by atoms with E-state index in [1.807, 2.05) is 18.2 Å². The predicted molar refractivity (Wildman–Crippen MR) is 87.9 cm³/mol. The third-order valence-electron chi connectivity index (χ3n) is 4.26. The van der Waals surface area contributed by atoms with Crippen molar-refractivity contribution < 1.29 is 23.9 Å². The lowest BCUT2D eigenvalue weighted by atomic mass is 9.63. The maximum absolute atomic E-state index is 12.6. The second kappa shape index (κ2) is 6.91. The summed E-state index contributed by atoms with van der Waals surface area (Å²) in [6.07, 6.45) is 2.76. The van der Waals surface area contributed by atoms with Crippen LogP contribution < -0.4 is 0 Å². The Morgan fingerprint density at radius 2 is 1.79 bits per heavy atom. The molecule has 0 unspecified atom stereocenters. The molecule has 0 amide bonds. The standard InChI is InChI=1S/C19H20O5/c1-19(2)11-14(21)15(17(22)16(19)18(23)24-3)13(20)10-9-12-7-5-4-6-8-12/h4-10,15-16H,11H2,1-3H3/b10-9+/t15-,16-/m1/s1. The number of hydrogen-bond acceptors (Lipinski definition) is 5. The monoisotopic (exact) mass is 328 g/mol. The fourth-order valence-corrected chi connectivity index (χ4v) is 3.05. The maximum atomic E-state index is 12.6. The number of esters is 1. The molecule has 0 spiro atoms. The zero-order chi connectivity index (χ0) is 17.9. The van der Waals surface area contributed by atoms with Crippen LogP contribution in [0.1, 0.15) is 25.8 Å². The van der Waals surface area contributed by atoms with Gasteiger partial charge in [0.1, 0.15) is 11.8 Å². The Balaban J connectivity index is 2.27. The first-order valence-corrected chi connectivity index (χ1v) is 7.69. The van der Waals surface area contributed by atoms with E-state index in [1.165, 1.54) is 13.2 Å². The minimum atomic E-state index is -1.43. The molecule has 0 heterocycles. The lowest BCUT2D eigenvalue weighted by Gasteiger charge is -2.37. The van der Waals surface area contributed by atoms with E-state index < -0.39 is 40.6 Å². The first kappa shape index (κ1) is 17.8. The number of carbonyl (C=O) groups is 4. The first-order valence-electron chi connectivity index (χ1n) is 7.69. The van der Waals surface area contributed by atoms with E-state index in [-0.39, 0.29) is 6.42 Å². The summed E-state index contributed by atoms with van der Waals surface area (Å²) in [4.78, 5) is 49.3. The fraction of sp³-hybridized carbons (Fsp3) is 0.368. The van der Waals surface area contributed by atoms with E-state index in [0.29, 0.717) is 0 Å². The van der Waals surface area contributed by atoms with Crippen molar-refractivity contribution in [3.05, 3.63) is 42.0 Å². The topological polar surface area (TPSA) is 77.5 Å². The molecule has 2 rings (SSSR count). The molecule has 126 valence electrons. The van der Waals surface area contributed by atoms with Gasteiger partial charge in [-0.05, 0) is 17.1 Å². The summed E-state index contributed by atoms with van der Waals surface area (Å²) in [5.41, 5.74) is -0.0762. The number of allylic oxidation sites excluding steroid dienone is 1. The van der Waals surface area contributed by atoms with Crippen LogP contribution in [0.5, 0.6) is 0 Å². The van der Waals surface area contributed by atoms with Gasteiger partial charge in [-0.15, -0.1) is 0 Å². The number of hydrogen-bond donors (Lipinski definition) is 0. The lowest BCUT2D eigenvalue weighted by molar-refractivity contribution is -0.161. The average Bonchev–Trinajstić information content (AvgIpc) is 2.52. The van der Waals surface area contributed by atoms with Gasteiger partial charge >= 0.3 is 5.97 Å². The Labute approximate surface area is 140 Å². The molecule has 5 heteroatoms. The smallest absolute Gasteiger partial charge is 0.316 e. The molecule has 1 fully saturated rings. The second-order valence-electron chi connectivity index (χ2n) is 6.57. The van der Waals surface area contributed by atoms with Gasteiger partial charge < -0.3 is 4.74 Å². The van der Waals surface area contributed by atoms with Crippen LogP contribution in [0, 0.1) is 17.3 Å².